The van der Waals surface area contributed by atoms with Crippen molar-refractivity contribution >= 4 is 11.7 Å². The van der Waals surface area contributed by atoms with Gasteiger partial charge in [-0.25, -0.2) is 4.79 Å². The lowest BCUT2D eigenvalue weighted by Gasteiger charge is -2.32. The Kier molecular flexibility index (Phi) is 5.65. The molecule has 1 saturated heterocycles. The lowest BCUT2D eigenvalue weighted by atomic mass is 9.97. The van der Waals surface area contributed by atoms with Crippen molar-refractivity contribution in [3.05, 3.63) is 42.0 Å². The summed E-state index contributed by atoms with van der Waals surface area (Å²) >= 11 is 0. The molecule has 0 unspecified atom stereocenters. The molecule has 1 atom stereocenters. The van der Waals surface area contributed by atoms with Crippen LogP contribution in [0.15, 0.2) is 30.6 Å². The number of piperidine rings is 1. The number of methoxy groups -OCH3 is 1. The highest BCUT2D eigenvalue weighted by Gasteiger charge is 2.28. The standard InChI is InChI=1S/C18H25N5O2/c1-3-22-13-19-21-17(22)14-8-6-10-23(11-14)18(24)20-16-9-5-4-7-15(16)12-25-2/h4-5,7,9,13-14H,3,6,8,10-12H2,1-2H3,(H,20,24)/t14-/m0/s1. The number of amides is 2. The van der Waals surface area contributed by atoms with Crippen molar-refractivity contribution in [2.45, 2.75) is 38.8 Å². The molecular weight excluding hydrogens is 318 g/mol. The van der Waals surface area contributed by atoms with E-state index in [1.165, 1.54) is 0 Å². The molecule has 7 heteroatoms. The molecule has 0 saturated carbocycles. The van der Waals surface area contributed by atoms with Gasteiger partial charge in [0.1, 0.15) is 12.2 Å². The molecule has 1 aliphatic rings. The summed E-state index contributed by atoms with van der Waals surface area (Å²) in [6, 6.07) is 7.65. The van der Waals surface area contributed by atoms with Crippen molar-refractivity contribution in [1.82, 2.24) is 19.7 Å². The number of hydrogen-bond acceptors (Lipinski definition) is 4. The van der Waals surface area contributed by atoms with Gasteiger partial charge in [-0.1, -0.05) is 18.2 Å². The van der Waals surface area contributed by atoms with Crippen LogP contribution in [0.4, 0.5) is 10.5 Å². The highest BCUT2D eigenvalue weighted by molar-refractivity contribution is 5.90. The normalized spacial score (nSPS) is 17.5. The number of carbonyl (C=O) groups is 1. The first-order valence-electron chi connectivity index (χ1n) is 8.73. The van der Waals surface area contributed by atoms with Crippen LogP contribution in [-0.4, -0.2) is 45.9 Å². The summed E-state index contributed by atoms with van der Waals surface area (Å²) in [4.78, 5) is 14.6. The number of hydrogen-bond donors (Lipinski definition) is 1. The zero-order chi connectivity index (χ0) is 17.6. The van der Waals surface area contributed by atoms with E-state index in [1.54, 1.807) is 13.4 Å². The van der Waals surface area contributed by atoms with Crippen LogP contribution in [0.3, 0.4) is 0 Å². The van der Waals surface area contributed by atoms with Crippen molar-refractivity contribution in [2.24, 2.45) is 0 Å². The van der Waals surface area contributed by atoms with Crippen LogP contribution in [0.1, 0.15) is 37.1 Å². The van der Waals surface area contributed by atoms with Crippen LogP contribution in [0.5, 0.6) is 0 Å². The van der Waals surface area contributed by atoms with Crippen molar-refractivity contribution in [1.29, 1.82) is 0 Å². The number of nitrogens with one attached hydrogen (secondary N) is 1. The second-order valence-corrected chi connectivity index (χ2v) is 6.28. The molecule has 0 bridgehead atoms. The molecule has 1 aliphatic heterocycles. The molecular formula is C18H25N5O2. The zero-order valence-corrected chi connectivity index (χ0v) is 14.8. The summed E-state index contributed by atoms with van der Waals surface area (Å²) in [6.07, 6.45) is 3.76. The summed E-state index contributed by atoms with van der Waals surface area (Å²) in [7, 11) is 1.65. The first kappa shape index (κ1) is 17.4. The van der Waals surface area contributed by atoms with E-state index in [0.717, 1.165) is 43.0 Å². The van der Waals surface area contributed by atoms with Crippen molar-refractivity contribution < 1.29 is 9.53 Å². The number of likely N-dealkylation sites (tertiary alicyclic amines) is 1. The topological polar surface area (TPSA) is 72.3 Å². The summed E-state index contributed by atoms with van der Waals surface area (Å²) in [5, 5.41) is 11.3. The molecule has 3 rings (SSSR count). The molecule has 1 fully saturated rings. The molecule has 1 N–H and O–H groups in total. The quantitative estimate of drug-likeness (QED) is 0.906. The molecule has 1 aromatic heterocycles. The molecule has 25 heavy (non-hydrogen) atoms. The minimum Gasteiger partial charge on any atom is -0.380 e. The lowest BCUT2D eigenvalue weighted by molar-refractivity contribution is 0.184. The Hall–Kier alpha value is -2.41. The molecule has 0 spiro atoms. The fraction of sp³-hybridized carbons (Fsp3) is 0.500. The first-order valence-corrected chi connectivity index (χ1v) is 8.73. The molecule has 134 valence electrons. The fourth-order valence-electron chi connectivity index (χ4n) is 3.31. The Labute approximate surface area is 148 Å². The number of carbonyl (C=O) groups excluding carboxylic acids is 1. The minimum absolute atomic E-state index is 0.0733. The third kappa shape index (κ3) is 3.99. The largest absolute Gasteiger partial charge is 0.380 e. The zero-order valence-electron chi connectivity index (χ0n) is 14.8. The van der Waals surface area contributed by atoms with E-state index in [4.69, 9.17) is 4.74 Å². The maximum Gasteiger partial charge on any atom is 0.321 e. The predicted molar refractivity (Wildman–Crippen MR) is 95.4 cm³/mol. The summed E-state index contributed by atoms with van der Waals surface area (Å²) in [5.41, 5.74) is 1.77. The minimum atomic E-state index is -0.0733. The third-order valence-electron chi connectivity index (χ3n) is 4.62. The van der Waals surface area contributed by atoms with Gasteiger partial charge in [0.2, 0.25) is 0 Å². The SMILES string of the molecule is CCn1cnnc1[C@H]1CCCN(C(=O)Nc2ccccc2COC)C1. The number of aryl methyl sites for hydroxylation is 1. The van der Waals surface area contributed by atoms with Crippen molar-refractivity contribution in [3.8, 4) is 0 Å². The molecule has 2 aromatic rings. The molecule has 0 aliphatic carbocycles. The number of rotatable bonds is 5. The van der Waals surface area contributed by atoms with Gasteiger partial charge < -0.3 is 19.5 Å². The second kappa shape index (κ2) is 8.11. The average Bonchev–Trinajstić information content (AvgIpc) is 3.12. The Morgan fingerprint density at radius 2 is 2.24 bits per heavy atom. The van der Waals surface area contributed by atoms with Gasteiger partial charge >= 0.3 is 6.03 Å². The summed E-state index contributed by atoms with van der Waals surface area (Å²) in [6.45, 7) is 4.81. The van der Waals surface area contributed by atoms with Gasteiger partial charge in [0.25, 0.3) is 0 Å². The van der Waals surface area contributed by atoms with Crippen LogP contribution in [0.2, 0.25) is 0 Å². The van der Waals surface area contributed by atoms with Gasteiger partial charge in [-0.15, -0.1) is 10.2 Å². The molecule has 7 nitrogen and oxygen atoms in total. The molecule has 1 aromatic carbocycles. The van der Waals surface area contributed by atoms with Crippen LogP contribution < -0.4 is 5.32 Å². The summed E-state index contributed by atoms with van der Waals surface area (Å²) in [5.74, 6) is 1.20. The van der Waals surface area contributed by atoms with Gasteiger partial charge in [0.15, 0.2) is 0 Å². The van der Waals surface area contributed by atoms with Gasteiger partial charge in [-0.2, -0.15) is 0 Å². The highest BCUT2D eigenvalue weighted by atomic mass is 16.5. The Bertz CT molecular complexity index is 715. The highest BCUT2D eigenvalue weighted by Crippen LogP contribution is 2.26. The number of aromatic nitrogens is 3. The number of benzene rings is 1. The number of anilines is 1. The number of para-hydroxylation sites is 1. The summed E-state index contributed by atoms with van der Waals surface area (Å²) < 4.78 is 7.26. The van der Waals surface area contributed by atoms with Crippen molar-refractivity contribution in [3.63, 3.8) is 0 Å². The Morgan fingerprint density at radius 3 is 3.04 bits per heavy atom. The lowest BCUT2D eigenvalue weighted by Crippen LogP contribution is -2.42. The number of nitrogens with zero attached hydrogens (tertiary/aromatic N) is 4. The van der Waals surface area contributed by atoms with E-state index < -0.39 is 0 Å². The Morgan fingerprint density at radius 1 is 1.40 bits per heavy atom. The smallest absolute Gasteiger partial charge is 0.321 e. The maximum absolute atomic E-state index is 12.7. The van der Waals surface area contributed by atoms with E-state index in [-0.39, 0.29) is 11.9 Å². The van der Waals surface area contributed by atoms with Gasteiger partial charge in [0.05, 0.1) is 6.61 Å². The van der Waals surface area contributed by atoms with Gasteiger partial charge in [-0.3, -0.25) is 0 Å². The molecule has 0 radical (unpaired) electrons. The van der Waals surface area contributed by atoms with Crippen LogP contribution in [-0.2, 0) is 17.9 Å². The van der Waals surface area contributed by atoms with Gasteiger partial charge in [-0.05, 0) is 25.8 Å². The van der Waals surface area contributed by atoms with E-state index in [1.807, 2.05) is 29.2 Å². The van der Waals surface area contributed by atoms with Crippen LogP contribution in [0, 0.1) is 0 Å². The van der Waals surface area contributed by atoms with E-state index in [0.29, 0.717) is 13.2 Å². The predicted octanol–water partition coefficient (Wildman–Crippen LogP) is 2.86. The van der Waals surface area contributed by atoms with Crippen LogP contribution in [0.25, 0.3) is 0 Å². The first-order chi connectivity index (χ1) is 12.2. The fourth-order valence-corrected chi connectivity index (χ4v) is 3.31. The second-order valence-electron chi connectivity index (χ2n) is 6.28. The van der Waals surface area contributed by atoms with Crippen LogP contribution >= 0.6 is 0 Å². The molecule has 2 heterocycles. The number of urea groups is 1. The van der Waals surface area contributed by atoms with E-state index in [2.05, 4.69) is 27.0 Å². The monoisotopic (exact) mass is 343 g/mol. The number of ether oxygens (including phenoxy) is 1. The van der Waals surface area contributed by atoms with E-state index in [9.17, 15) is 4.79 Å². The third-order valence-corrected chi connectivity index (χ3v) is 4.62. The van der Waals surface area contributed by atoms with E-state index >= 15 is 0 Å². The Balaban J connectivity index is 1.68. The molecule has 2 amide bonds. The maximum atomic E-state index is 12.7. The van der Waals surface area contributed by atoms with Crippen molar-refractivity contribution in [2.75, 3.05) is 25.5 Å². The van der Waals surface area contributed by atoms with Gasteiger partial charge in [0, 0.05) is 43.9 Å². The average molecular weight is 343 g/mol.